The van der Waals surface area contributed by atoms with Crippen LogP contribution in [-0.2, 0) is 11.3 Å². The van der Waals surface area contributed by atoms with E-state index in [1.807, 2.05) is 33.0 Å². The van der Waals surface area contributed by atoms with Crippen LogP contribution in [0.4, 0.5) is 0 Å². The lowest BCUT2D eigenvalue weighted by molar-refractivity contribution is -0.134. The molecule has 1 amide bonds. The number of nitrogens with zero attached hydrogens (tertiary/aromatic N) is 4. The Morgan fingerprint density at radius 3 is 2.74 bits per heavy atom. The van der Waals surface area contributed by atoms with Crippen LogP contribution >= 0.6 is 0 Å². The summed E-state index contributed by atoms with van der Waals surface area (Å²) in [6.45, 7) is 6.36. The lowest BCUT2D eigenvalue weighted by Crippen LogP contribution is -2.34. The minimum absolute atomic E-state index is 0.0249. The molecule has 0 unspecified atom stereocenters. The van der Waals surface area contributed by atoms with Crippen molar-refractivity contribution < 1.29 is 9.53 Å². The lowest BCUT2D eigenvalue weighted by atomic mass is 10.1. The molecule has 0 bridgehead atoms. The van der Waals surface area contributed by atoms with E-state index in [-0.39, 0.29) is 11.9 Å². The molecule has 1 atom stereocenters. The van der Waals surface area contributed by atoms with Crippen molar-refractivity contribution in [2.45, 2.75) is 39.8 Å². The molecule has 0 saturated carbocycles. The number of carbonyl (C=O) groups excluding carboxylic acids is 1. The third-order valence-corrected chi connectivity index (χ3v) is 4.03. The molecular formula is C17H24N4O2. The van der Waals surface area contributed by atoms with Crippen molar-refractivity contribution in [3.8, 4) is 5.75 Å². The second kappa shape index (κ2) is 7.26. The summed E-state index contributed by atoms with van der Waals surface area (Å²) in [7, 11) is 3.45. The van der Waals surface area contributed by atoms with Crippen LogP contribution in [0.5, 0.6) is 5.75 Å². The van der Waals surface area contributed by atoms with Gasteiger partial charge in [-0.2, -0.15) is 5.10 Å². The second-order valence-corrected chi connectivity index (χ2v) is 5.65. The van der Waals surface area contributed by atoms with Crippen LogP contribution in [0.2, 0.25) is 0 Å². The Kier molecular flexibility index (Phi) is 5.36. The van der Waals surface area contributed by atoms with Crippen LogP contribution < -0.4 is 4.74 Å². The smallest absolute Gasteiger partial charge is 0.247 e. The third kappa shape index (κ3) is 3.52. The van der Waals surface area contributed by atoms with Crippen LogP contribution in [0, 0.1) is 13.8 Å². The molecule has 23 heavy (non-hydrogen) atoms. The van der Waals surface area contributed by atoms with Gasteiger partial charge >= 0.3 is 0 Å². The number of carbonyl (C=O) groups is 1. The first-order valence-corrected chi connectivity index (χ1v) is 7.72. The maximum absolute atomic E-state index is 12.7. The highest BCUT2D eigenvalue weighted by atomic mass is 16.5. The van der Waals surface area contributed by atoms with E-state index in [0.29, 0.717) is 13.0 Å². The highest BCUT2D eigenvalue weighted by molar-refractivity contribution is 5.80. The molecule has 0 aliphatic heterocycles. The molecule has 0 saturated heterocycles. The third-order valence-electron chi connectivity index (χ3n) is 4.03. The van der Waals surface area contributed by atoms with Crippen molar-refractivity contribution >= 4 is 5.91 Å². The normalized spacial score (nSPS) is 12.0. The van der Waals surface area contributed by atoms with Gasteiger partial charge in [0.2, 0.25) is 5.91 Å². The topological polar surface area (TPSA) is 60.3 Å². The predicted molar refractivity (Wildman–Crippen MR) is 88.3 cm³/mol. The van der Waals surface area contributed by atoms with Gasteiger partial charge in [-0.25, -0.2) is 0 Å². The van der Waals surface area contributed by atoms with Crippen molar-refractivity contribution in [3.63, 3.8) is 0 Å². The molecule has 0 N–H and O–H groups in total. The Bertz CT molecular complexity index is 667. The molecule has 0 aromatic carbocycles. The molecule has 0 spiro atoms. The van der Waals surface area contributed by atoms with Crippen molar-refractivity contribution in [1.29, 1.82) is 0 Å². The predicted octanol–water partition coefficient (Wildman–Crippen LogP) is 2.51. The number of rotatable bonds is 6. The minimum Gasteiger partial charge on any atom is -0.496 e. The first-order chi connectivity index (χ1) is 11.0. The van der Waals surface area contributed by atoms with Crippen LogP contribution in [0.15, 0.2) is 24.7 Å². The fraction of sp³-hybridized carbons (Fsp3) is 0.471. The molecule has 124 valence electrons. The van der Waals surface area contributed by atoms with E-state index in [0.717, 1.165) is 22.6 Å². The summed E-state index contributed by atoms with van der Waals surface area (Å²) in [6, 6.07) is 1.54. The molecule has 6 heteroatoms. The zero-order valence-corrected chi connectivity index (χ0v) is 14.4. The van der Waals surface area contributed by atoms with Crippen LogP contribution in [-0.4, -0.2) is 39.7 Å². The van der Waals surface area contributed by atoms with Gasteiger partial charge in [0.15, 0.2) is 0 Å². The van der Waals surface area contributed by atoms with E-state index in [1.165, 1.54) is 0 Å². The van der Waals surface area contributed by atoms with Crippen LogP contribution in [0.25, 0.3) is 0 Å². The second-order valence-electron chi connectivity index (χ2n) is 5.65. The summed E-state index contributed by atoms with van der Waals surface area (Å²) in [4.78, 5) is 18.9. The van der Waals surface area contributed by atoms with Gasteiger partial charge in [-0.1, -0.05) is 6.92 Å². The summed E-state index contributed by atoms with van der Waals surface area (Å²) >= 11 is 0. The summed E-state index contributed by atoms with van der Waals surface area (Å²) in [5.74, 6) is 0.854. The van der Waals surface area contributed by atoms with E-state index in [1.54, 1.807) is 36.1 Å². The Morgan fingerprint density at radius 2 is 2.17 bits per heavy atom. The molecule has 2 aromatic rings. The fourth-order valence-corrected chi connectivity index (χ4v) is 2.73. The summed E-state index contributed by atoms with van der Waals surface area (Å²) in [5.41, 5.74) is 2.81. The first-order valence-electron chi connectivity index (χ1n) is 7.72. The molecule has 0 aliphatic carbocycles. The monoisotopic (exact) mass is 316 g/mol. The molecule has 6 nitrogen and oxygen atoms in total. The maximum Gasteiger partial charge on any atom is 0.247 e. The summed E-state index contributed by atoms with van der Waals surface area (Å²) in [5, 5.41) is 4.19. The van der Waals surface area contributed by atoms with E-state index in [9.17, 15) is 4.79 Å². The average Bonchev–Trinajstić information content (AvgIpc) is 3.05. The molecule has 0 fully saturated rings. The quantitative estimate of drug-likeness (QED) is 0.821. The highest BCUT2D eigenvalue weighted by Crippen LogP contribution is 2.25. The summed E-state index contributed by atoms with van der Waals surface area (Å²) in [6.07, 6.45) is 5.98. The highest BCUT2D eigenvalue weighted by Gasteiger charge is 2.23. The van der Waals surface area contributed by atoms with E-state index in [2.05, 4.69) is 10.1 Å². The largest absolute Gasteiger partial charge is 0.496 e. The number of aromatic nitrogens is 3. The minimum atomic E-state index is -0.289. The molecule has 0 radical (unpaired) electrons. The molecular weight excluding hydrogens is 292 g/mol. The molecule has 2 aromatic heterocycles. The summed E-state index contributed by atoms with van der Waals surface area (Å²) < 4.78 is 7.13. The van der Waals surface area contributed by atoms with Gasteiger partial charge in [-0.05, 0) is 26.3 Å². The number of ether oxygens (including phenoxy) is 1. The van der Waals surface area contributed by atoms with Crippen molar-refractivity contribution in [1.82, 2.24) is 19.7 Å². The number of hydrogen-bond acceptors (Lipinski definition) is 4. The van der Waals surface area contributed by atoms with Gasteiger partial charge in [0.05, 0.1) is 19.3 Å². The van der Waals surface area contributed by atoms with Gasteiger partial charge in [-0.15, -0.1) is 0 Å². The lowest BCUT2D eigenvalue weighted by Gasteiger charge is -2.24. The molecule has 2 rings (SSSR count). The Morgan fingerprint density at radius 1 is 1.43 bits per heavy atom. The van der Waals surface area contributed by atoms with Gasteiger partial charge in [-0.3, -0.25) is 14.5 Å². The standard InChI is InChI=1S/C17H24N4O2/c1-6-15(21-9-7-8-19-21)17(22)20(4)11-14-13(3)16(23-5)12(2)10-18-14/h7-10,15H,6,11H2,1-5H3/t15-/m0/s1. The van der Waals surface area contributed by atoms with Gasteiger partial charge in [0.25, 0.3) is 0 Å². The molecule has 2 heterocycles. The fourth-order valence-electron chi connectivity index (χ4n) is 2.73. The Hall–Kier alpha value is -2.37. The Balaban J connectivity index is 2.18. The first kappa shape index (κ1) is 17.0. The maximum atomic E-state index is 12.7. The van der Waals surface area contributed by atoms with Crippen molar-refractivity contribution in [3.05, 3.63) is 41.5 Å². The number of hydrogen-bond donors (Lipinski definition) is 0. The average molecular weight is 316 g/mol. The zero-order valence-electron chi connectivity index (χ0n) is 14.4. The number of amides is 1. The van der Waals surface area contributed by atoms with Crippen LogP contribution in [0.1, 0.15) is 36.2 Å². The van der Waals surface area contributed by atoms with Crippen molar-refractivity contribution in [2.24, 2.45) is 0 Å². The van der Waals surface area contributed by atoms with E-state index >= 15 is 0 Å². The number of aryl methyl sites for hydroxylation is 1. The SMILES string of the molecule is CC[C@@H](C(=O)N(C)Cc1ncc(C)c(OC)c1C)n1cccn1. The number of likely N-dealkylation sites (N-methyl/N-ethyl adjacent to an activating group) is 1. The van der Waals surface area contributed by atoms with Crippen molar-refractivity contribution in [2.75, 3.05) is 14.2 Å². The van der Waals surface area contributed by atoms with Gasteiger partial charge in [0.1, 0.15) is 11.8 Å². The van der Waals surface area contributed by atoms with E-state index in [4.69, 9.17) is 4.74 Å². The number of pyridine rings is 1. The van der Waals surface area contributed by atoms with Crippen LogP contribution in [0.3, 0.4) is 0 Å². The number of methoxy groups -OCH3 is 1. The zero-order chi connectivity index (χ0) is 17.0. The Labute approximate surface area is 137 Å². The van der Waals surface area contributed by atoms with Gasteiger partial charge in [0, 0.05) is 36.8 Å². The van der Waals surface area contributed by atoms with Gasteiger partial charge < -0.3 is 9.64 Å². The molecule has 0 aliphatic rings. The van der Waals surface area contributed by atoms with E-state index < -0.39 is 0 Å².